The fraction of sp³-hybridized carbons (Fsp3) is 0.464. The Kier molecular flexibility index (Phi) is 5.15. The Hall–Kier alpha value is -3.23. The zero-order chi connectivity index (χ0) is 24.4. The SMILES string of the molecule is NC1CCCN(C(=O)c2cc3c4c(c2)OCCN4[C@H](c2cc4ccc(CO)cc4n2CC2CC2)N3)C1. The Morgan fingerprint density at radius 2 is 2.03 bits per heavy atom. The summed E-state index contributed by atoms with van der Waals surface area (Å²) in [7, 11) is 0. The van der Waals surface area contributed by atoms with Gasteiger partial charge in [-0.2, -0.15) is 0 Å². The summed E-state index contributed by atoms with van der Waals surface area (Å²) in [5.41, 5.74) is 12.1. The highest BCUT2D eigenvalue weighted by Gasteiger charge is 2.39. The van der Waals surface area contributed by atoms with E-state index in [4.69, 9.17) is 10.5 Å². The van der Waals surface area contributed by atoms with Gasteiger partial charge in [-0.25, -0.2) is 0 Å². The van der Waals surface area contributed by atoms with E-state index < -0.39 is 0 Å². The minimum atomic E-state index is -0.0415. The second-order valence-corrected chi connectivity index (χ2v) is 10.8. The number of likely N-dealkylation sites (tertiary alicyclic amines) is 1. The van der Waals surface area contributed by atoms with Gasteiger partial charge in [0.05, 0.1) is 24.5 Å². The Morgan fingerprint density at radius 3 is 2.83 bits per heavy atom. The highest BCUT2D eigenvalue weighted by atomic mass is 16.5. The number of hydrogen-bond donors (Lipinski definition) is 3. The molecule has 36 heavy (non-hydrogen) atoms. The zero-order valence-corrected chi connectivity index (χ0v) is 20.4. The van der Waals surface area contributed by atoms with E-state index in [1.807, 2.05) is 23.1 Å². The molecule has 4 heterocycles. The Labute approximate surface area is 210 Å². The van der Waals surface area contributed by atoms with Crippen LogP contribution in [0.3, 0.4) is 0 Å². The van der Waals surface area contributed by atoms with Crippen molar-refractivity contribution in [3.05, 3.63) is 53.2 Å². The number of hydrogen-bond acceptors (Lipinski definition) is 6. The van der Waals surface area contributed by atoms with Crippen molar-refractivity contribution in [2.45, 2.75) is 51.0 Å². The molecule has 3 aliphatic heterocycles. The van der Waals surface area contributed by atoms with E-state index in [1.54, 1.807) is 0 Å². The minimum Gasteiger partial charge on any atom is -0.489 e. The van der Waals surface area contributed by atoms with E-state index in [1.165, 1.54) is 29.4 Å². The van der Waals surface area contributed by atoms with Crippen molar-refractivity contribution in [3.8, 4) is 5.75 Å². The Morgan fingerprint density at radius 1 is 1.14 bits per heavy atom. The normalized spacial score (nSPS) is 22.9. The topological polar surface area (TPSA) is 96.0 Å². The minimum absolute atomic E-state index is 0.0227. The molecule has 1 saturated carbocycles. The van der Waals surface area contributed by atoms with Crippen molar-refractivity contribution in [1.29, 1.82) is 0 Å². The maximum atomic E-state index is 13.4. The standard InChI is InChI=1S/C28H33N5O3/c29-21-2-1-7-31(15-21)28(35)20-11-22-26-25(13-20)36-9-8-32(26)27(30-22)24-12-19-6-5-18(16-34)10-23(19)33(24)14-17-3-4-17/h5-6,10-13,17,21,27,30,34H,1-4,7-9,14-16,29H2/t21?,27-/m1/s1. The Balaban J connectivity index is 1.27. The van der Waals surface area contributed by atoms with Gasteiger partial charge in [-0.1, -0.05) is 12.1 Å². The molecule has 8 nitrogen and oxygen atoms in total. The van der Waals surface area contributed by atoms with E-state index in [2.05, 4.69) is 33.0 Å². The highest BCUT2D eigenvalue weighted by Crippen LogP contribution is 2.50. The molecule has 1 unspecified atom stereocenters. The van der Waals surface area contributed by atoms with Crippen LogP contribution in [0.4, 0.5) is 11.4 Å². The molecule has 0 spiro atoms. The number of aliphatic hydroxyl groups excluding tert-OH is 1. The number of benzene rings is 2. The molecule has 1 amide bonds. The third kappa shape index (κ3) is 3.62. The first kappa shape index (κ1) is 22.0. The van der Waals surface area contributed by atoms with Crippen molar-refractivity contribution in [3.63, 3.8) is 0 Å². The number of amides is 1. The van der Waals surface area contributed by atoms with Crippen molar-refractivity contribution in [1.82, 2.24) is 9.47 Å². The Bertz CT molecular complexity index is 1350. The second kappa shape index (κ2) is 8.42. The molecular weight excluding hydrogens is 454 g/mol. The summed E-state index contributed by atoms with van der Waals surface area (Å²) in [6, 6.07) is 12.4. The molecule has 4 aliphatic rings. The molecule has 2 fully saturated rings. The van der Waals surface area contributed by atoms with Crippen molar-refractivity contribution in [2.24, 2.45) is 11.7 Å². The van der Waals surface area contributed by atoms with Crippen molar-refractivity contribution < 1.29 is 14.6 Å². The zero-order valence-electron chi connectivity index (χ0n) is 20.4. The lowest BCUT2D eigenvalue weighted by molar-refractivity contribution is 0.0708. The van der Waals surface area contributed by atoms with E-state index in [0.717, 1.165) is 55.2 Å². The van der Waals surface area contributed by atoms with E-state index in [-0.39, 0.29) is 24.7 Å². The number of nitrogens with two attached hydrogens (primary N) is 1. The van der Waals surface area contributed by atoms with E-state index in [0.29, 0.717) is 24.6 Å². The molecular formula is C28H33N5O3. The number of anilines is 2. The first-order chi connectivity index (χ1) is 17.6. The smallest absolute Gasteiger partial charge is 0.254 e. The van der Waals surface area contributed by atoms with Gasteiger partial charge in [0.2, 0.25) is 0 Å². The number of ether oxygens (including phenoxy) is 1. The molecule has 0 radical (unpaired) electrons. The molecule has 2 atom stereocenters. The van der Waals surface area contributed by atoms with Crippen LogP contribution in [-0.2, 0) is 13.2 Å². The largest absolute Gasteiger partial charge is 0.489 e. The summed E-state index contributed by atoms with van der Waals surface area (Å²) >= 11 is 0. The molecule has 7 rings (SSSR count). The number of aromatic nitrogens is 1. The number of nitrogens with one attached hydrogen (secondary N) is 1. The molecule has 1 aromatic heterocycles. The van der Waals surface area contributed by atoms with Crippen LogP contribution in [0.2, 0.25) is 0 Å². The van der Waals surface area contributed by atoms with Crippen LogP contribution < -0.4 is 20.7 Å². The highest BCUT2D eigenvalue weighted by molar-refractivity contribution is 5.99. The average molecular weight is 488 g/mol. The number of aliphatic hydroxyl groups is 1. The van der Waals surface area contributed by atoms with Gasteiger partial charge in [-0.05, 0) is 61.4 Å². The van der Waals surface area contributed by atoms with Crippen molar-refractivity contribution in [2.75, 3.05) is 36.5 Å². The molecule has 3 aromatic rings. The van der Waals surface area contributed by atoms with E-state index >= 15 is 0 Å². The molecule has 188 valence electrons. The molecule has 1 aliphatic carbocycles. The van der Waals surface area contributed by atoms with Gasteiger partial charge in [0.15, 0.2) is 0 Å². The van der Waals surface area contributed by atoms with Crippen LogP contribution in [0.15, 0.2) is 36.4 Å². The third-order valence-corrected chi connectivity index (χ3v) is 8.15. The van der Waals surface area contributed by atoms with Crippen LogP contribution in [0.25, 0.3) is 10.9 Å². The second-order valence-electron chi connectivity index (χ2n) is 10.8. The third-order valence-electron chi connectivity index (χ3n) is 8.15. The van der Waals surface area contributed by atoms with Crippen LogP contribution in [-0.4, -0.2) is 52.8 Å². The van der Waals surface area contributed by atoms with Gasteiger partial charge in [0, 0.05) is 42.1 Å². The van der Waals surface area contributed by atoms with Gasteiger partial charge in [0.1, 0.15) is 24.2 Å². The molecule has 4 N–H and O–H groups in total. The maximum absolute atomic E-state index is 13.4. The number of carbonyl (C=O) groups is 1. The number of fused-ring (bicyclic) bond motifs is 1. The monoisotopic (exact) mass is 487 g/mol. The van der Waals surface area contributed by atoms with Crippen LogP contribution in [0, 0.1) is 5.92 Å². The summed E-state index contributed by atoms with van der Waals surface area (Å²) in [5.74, 6) is 1.50. The first-order valence-corrected chi connectivity index (χ1v) is 13.2. The summed E-state index contributed by atoms with van der Waals surface area (Å²) in [5, 5.41) is 14.7. The van der Waals surface area contributed by atoms with Crippen LogP contribution >= 0.6 is 0 Å². The van der Waals surface area contributed by atoms with E-state index in [9.17, 15) is 9.90 Å². The van der Waals surface area contributed by atoms with Gasteiger partial charge >= 0.3 is 0 Å². The van der Waals surface area contributed by atoms with Gasteiger partial charge < -0.3 is 35.3 Å². The van der Waals surface area contributed by atoms with Crippen molar-refractivity contribution >= 4 is 28.2 Å². The van der Waals surface area contributed by atoms with Crippen LogP contribution in [0.5, 0.6) is 5.75 Å². The number of piperidine rings is 1. The number of carbonyl (C=O) groups excluding carboxylic acids is 1. The maximum Gasteiger partial charge on any atom is 0.254 e. The summed E-state index contributed by atoms with van der Waals surface area (Å²) in [6.07, 6.45) is 4.41. The fourth-order valence-electron chi connectivity index (χ4n) is 6.12. The number of rotatable bonds is 5. The molecule has 1 saturated heterocycles. The fourth-order valence-corrected chi connectivity index (χ4v) is 6.12. The lowest BCUT2D eigenvalue weighted by atomic mass is 10.0. The molecule has 0 bridgehead atoms. The summed E-state index contributed by atoms with van der Waals surface area (Å²) in [6.45, 7) is 3.73. The predicted molar refractivity (Wildman–Crippen MR) is 139 cm³/mol. The summed E-state index contributed by atoms with van der Waals surface area (Å²) < 4.78 is 8.52. The van der Waals surface area contributed by atoms with Gasteiger partial charge in [-0.15, -0.1) is 0 Å². The van der Waals surface area contributed by atoms with Crippen LogP contribution in [0.1, 0.15) is 53.5 Å². The lowest BCUT2D eigenvalue weighted by Gasteiger charge is -2.33. The first-order valence-electron chi connectivity index (χ1n) is 13.2. The van der Waals surface area contributed by atoms with Gasteiger partial charge in [-0.3, -0.25) is 4.79 Å². The van der Waals surface area contributed by atoms with Gasteiger partial charge in [0.25, 0.3) is 5.91 Å². The lowest BCUT2D eigenvalue weighted by Crippen LogP contribution is -2.45. The summed E-state index contributed by atoms with van der Waals surface area (Å²) in [4.78, 5) is 17.6. The molecule has 2 aromatic carbocycles. The molecule has 8 heteroatoms. The number of nitrogens with zero attached hydrogens (tertiary/aromatic N) is 3. The predicted octanol–water partition coefficient (Wildman–Crippen LogP) is 3.43. The average Bonchev–Trinajstić information content (AvgIpc) is 3.55. The quantitative estimate of drug-likeness (QED) is 0.510.